The number of hydrogen-bond acceptors (Lipinski definition) is 2. The molecule has 0 saturated heterocycles. The van der Waals surface area contributed by atoms with Gasteiger partial charge in [-0.3, -0.25) is 0 Å². The van der Waals surface area contributed by atoms with Crippen molar-refractivity contribution in [2.24, 2.45) is 8.26 Å². The predicted molar refractivity (Wildman–Crippen MR) is 188 cm³/mol. The number of benzene rings is 2. The fourth-order valence-corrected chi connectivity index (χ4v) is 12.6. The Labute approximate surface area is 265 Å². The molecule has 0 bridgehead atoms. The first-order valence-corrected chi connectivity index (χ1v) is 18.6. The molecule has 7 heteroatoms. The third-order valence-corrected chi connectivity index (χ3v) is 13.6. The molecular weight excluding hydrogens is 595 g/mol. The average Bonchev–Trinajstić information content (AvgIpc) is 2.78. The fraction of sp³-hybridized carbons (Fsp3) is 0.667. The summed E-state index contributed by atoms with van der Waals surface area (Å²) in [6.45, 7) is 39.8. The van der Waals surface area contributed by atoms with Crippen LogP contribution < -0.4 is 8.92 Å². The quantitative estimate of drug-likeness (QED) is 0.136. The van der Waals surface area contributed by atoms with Gasteiger partial charge in [0.05, 0.1) is 0 Å². The summed E-state index contributed by atoms with van der Waals surface area (Å²) in [7, 11) is 0. The number of azide groups is 1. The van der Waals surface area contributed by atoms with Gasteiger partial charge in [-0.25, -0.2) is 0 Å². The Bertz CT molecular complexity index is 1280. The Morgan fingerprint density at radius 3 is 0.767 bits per heavy atom. The van der Waals surface area contributed by atoms with Crippen molar-refractivity contribution in [2.75, 3.05) is 0 Å². The van der Waals surface area contributed by atoms with E-state index in [4.69, 9.17) is 8.26 Å². The molecular formula is C36H58N6Se. The monoisotopic (exact) mass is 654 g/mol. The molecule has 0 unspecified atom stereocenters. The van der Waals surface area contributed by atoms with Gasteiger partial charge in [0.25, 0.3) is 0 Å². The summed E-state index contributed by atoms with van der Waals surface area (Å²) < 4.78 is 11.5. The van der Waals surface area contributed by atoms with E-state index in [1.54, 1.807) is 0 Å². The number of nitrogens with zero attached hydrogens (tertiary/aromatic N) is 6. The second kappa shape index (κ2) is 11.5. The van der Waals surface area contributed by atoms with Crippen LogP contribution in [0.25, 0.3) is 20.9 Å². The van der Waals surface area contributed by atoms with Crippen molar-refractivity contribution in [3.05, 3.63) is 78.5 Å². The summed E-state index contributed by atoms with van der Waals surface area (Å²) in [5.41, 5.74) is 26.1. The van der Waals surface area contributed by atoms with Crippen LogP contribution in [0.1, 0.15) is 158 Å². The van der Waals surface area contributed by atoms with Gasteiger partial charge in [-0.1, -0.05) is 0 Å². The van der Waals surface area contributed by atoms with Gasteiger partial charge in [-0.05, 0) is 0 Å². The van der Waals surface area contributed by atoms with Crippen LogP contribution in [0, 0.1) is 0 Å². The first-order valence-electron chi connectivity index (χ1n) is 15.4. The van der Waals surface area contributed by atoms with E-state index in [0.717, 1.165) is 31.2 Å². The van der Waals surface area contributed by atoms with Crippen molar-refractivity contribution in [3.63, 3.8) is 0 Å². The van der Waals surface area contributed by atoms with Crippen molar-refractivity contribution >= 4 is 22.2 Å². The molecule has 43 heavy (non-hydrogen) atoms. The molecule has 0 aromatic heterocycles. The molecule has 0 saturated carbocycles. The first-order chi connectivity index (χ1) is 19.0. The zero-order chi connectivity index (χ0) is 33.8. The summed E-state index contributed by atoms with van der Waals surface area (Å²) in [4.78, 5) is 7.09. The number of hydrogen-bond donors (Lipinski definition) is 0. The van der Waals surface area contributed by atoms with E-state index in [1.165, 1.54) is 11.1 Å². The minimum absolute atomic E-state index is 0.108. The van der Waals surface area contributed by atoms with Crippen molar-refractivity contribution in [1.29, 1.82) is 0 Å². The molecule has 0 aliphatic carbocycles. The van der Waals surface area contributed by atoms with Crippen LogP contribution >= 0.6 is 0 Å². The summed E-state index contributed by atoms with van der Waals surface area (Å²) in [5.74, 6) is 0. The van der Waals surface area contributed by atoms with Crippen molar-refractivity contribution in [3.8, 4) is 0 Å². The van der Waals surface area contributed by atoms with Gasteiger partial charge >= 0.3 is 266 Å². The molecule has 0 heterocycles. The normalized spacial score (nSPS) is 14.2. The fourth-order valence-electron chi connectivity index (χ4n) is 5.35. The van der Waals surface area contributed by atoms with E-state index >= 15 is 0 Å². The second-order valence-corrected chi connectivity index (χ2v) is 22.9. The summed E-state index contributed by atoms with van der Waals surface area (Å²) >= 11 is -4.19. The van der Waals surface area contributed by atoms with Gasteiger partial charge in [-0.15, -0.1) is 0 Å². The minimum atomic E-state index is -4.19. The Morgan fingerprint density at radius 1 is 0.419 bits per heavy atom. The van der Waals surface area contributed by atoms with Crippen LogP contribution in [0.2, 0.25) is 0 Å². The molecule has 238 valence electrons. The summed E-state index contributed by atoms with van der Waals surface area (Å²) in [5, 5.41) is 0. The van der Waals surface area contributed by atoms with E-state index in [9.17, 15) is 11.1 Å². The maximum atomic E-state index is 10.4. The number of rotatable bonds is 4. The maximum absolute atomic E-state index is 10.4. The topological polar surface area (TPSA) is 97.5 Å². The predicted octanol–water partition coefficient (Wildman–Crippen LogP) is 10.6. The molecule has 0 N–H and O–H groups in total. The first kappa shape index (κ1) is 36.8. The molecule has 6 nitrogen and oxygen atoms in total. The SMILES string of the molecule is CC(C)(C)c1cc(C(C)(C)C)c([Se](N=[N+]=[N-])(N=[N+]=[N-])c2c(C(C)(C)C)cc(C(C)(C)C)cc2C(C)(C)C)c(C(C)(C)C)c1. The molecule has 0 amide bonds. The van der Waals surface area contributed by atoms with Crippen LogP contribution in [-0.2, 0) is 32.5 Å². The Morgan fingerprint density at radius 2 is 0.628 bits per heavy atom. The van der Waals surface area contributed by atoms with Crippen LogP contribution in [0.5, 0.6) is 0 Å². The van der Waals surface area contributed by atoms with Crippen molar-refractivity contribution in [2.45, 2.75) is 157 Å². The van der Waals surface area contributed by atoms with E-state index < -0.39 is 13.3 Å². The van der Waals surface area contributed by atoms with Crippen molar-refractivity contribution in [1.82, 2.24) is 0 Å². The van der Waals surface area contributed by atoms with Gasteiger partial charge in [-0.2, -0.15) is 0 Å². The van der Waals surface area contributed by atoms with Crippen LogP contribution in [-0.4, -0.2) is 13.3 Å². The molecule has 0 aliphatic heterocycles. The molecule has 0 fully saturated rings. The molecule has 0 radical (unpaired) electrons. The summed E-state index contributed by atoms with van der Waals surface area (Å²) in [6.07, 6.45) is 0. The molecule has 2 aromatic rings. The standard InChI is InChI=1S/C36H58N6Se/c1-31(2,3)23-19-25(33(7,8)9)29(26(20-23)34(10,11)12)43(41-39-37,42-40-38)30-27(35(13,14)15)21-24(32(4,5)6)22-28(30)36(16,17)18/h19-22H,1-18H3. The van der Waals surface area contributed by atoms with E-state index in [-0.39, 0.29) is 32.5 Å². The van der Waals surface area contributed by atoms with Crippen LogP contribution in [0.3, 0.4) is 0 Å². The van der Waals surface area contributed by atoms with Gasteiger partial charge < -0.3 is 0 Å². The third kappa shape index (κ3) is 7.63. The zero-order valence-corrected chi connectivity index (χ0v) is 32.1. The van der Waals surface area contributed by atoms with E-state index in [2.05, 4.69) is 159 Å². The molecule has 2 aromatic carbocycles. The van der Waals surface area contributed by atoms with E-state index in [0.29, 0.717) is 0 Å². The molecule has 0 aliphatic rings. The Kier molecular flexibility index (Phi) is 9.83. The molecule has 0 spiro atoms. The Hall–Kier alpha value is -2.42. The average molecular weight is 654 g/mol. The van der Waals surface area contributed by atoms with Gasteiger partial charge in [0.15, 0.2) is 0 Å². The Balaban J connectivity index is 3.65. The zero-order valence-electron chi connectivity index (χ0n) is 30.4. The molecule has 2 rings (SSSR count). The summed E-state index contributed by atoms with van der Waals surface area (Å²) in [6, 6.07) is 9.14. The van der Waals surface area contributed by atoms with Crippen molar-refractivity contribution < 1.29 is 0 Å². The third-order valence-electron chi connectivity index (χ3n) is 8.02. The van der Waals surface area contributed by atoms with Crippen LogP contribution in [0.4, 0.5) is 0 Å². The van der Waals surface area contributed by atoms with Gasteiger partial charge in [0, 0.05) is 0 Å². The van der Waals surface area contributed by atoms with Crippen LogP contribution in [0.15, 0.2) is 32.5 Å². The second-order valence-electron chi connectivity index (χ2n) is 18.2. The van der Waals surface area contributed by atoms with Gasteiger partial charge in [0.2, 0.25) is 0 Å². The van der Waals surface area contributed by atoms with Gasteiger partial charge in [0.1, 0.15) is 0 Å². The van der Waals surface area contributed by atoms with E-state index in [1.807, 2.05) is 0 Å². The molecule has 0 atom stereocenters.